The molecule has 2 atom stereocenters. The minimum absolute atomic E-state index is 0.00905. The van der Waals surface area contributed by atoms with Gasteiger partial charge in [0.25, 0.3) is 0 Å². The lowest BCUT2D eigenvalue weighted by Gasteiger charge is -2.10. The Kier molecular flexibility index (Phi) is 7.42. The molecular weight excluding hydrogens is 180 g/mol. The molecule has 4 heteroatoms. The van der Waals surface area contributed by atoms with E-state index in [2.05, 4.69) is 12.2 Å². The van der Waals surface area contributed by atoms with Crippen LogP contribution < -0.4 is 11.1 Å². The fourth-order valence-electron chi connectivity index (χ4n) is 1.16. The number of aliphatic hydroxyl groups excluding tert-OH is 1. The van der Waals surface area contributed by atoms with E-state index in [-0.39, 0.29) is 5.91 Å². The van der Waals surface area contributed by atoms with E-state index in [9.17, 15) is 4.79 Å². The molecule has 4 nitrogen and oxygen atoms in total. The quantitative estimate of drug-likeness (QED) is 0.554. The number of carbonyl (C=O) groups excluding carboxylic acids is 1. The molecule has 0 aliphatic carbocycles. The van der Waals surface area contributed by atoms with Gasteiger partial charge in [-0.15, -0.1) is 0 Å². The average Bonchev–Trinajstić information content (AvgIpc) is 2.12. The Balaban J connectivity index is 3.43. The van der Waals surface area contributed by atoms with Gasteiger partial charge in [0.1, 0.15) is 0 Å². The second-order valence-electron chi connectivity index (χ2n) is 3.87. The number of aliphatic hydroxyl groups is 1. The van der Waals surface area contributed by atoms with Crippen LogP contribution in [0.5, 0.6) is 0 Å². The summed E-state index contributed by atoms with van der Waals surface area (Å²) in [6.45, 7) is 4.76. The predicted molar refractivity (Wildman–Crippen MR) is 56.8 cm³/mol. The van der Waals surface area contributed by atoms with Gasteiger partial charge in [-0.1, -0.05) is 6.92 Å². The van der Waals surface area contributed by atoms with Crippen LogP contribution in [0.4, 0.5) is 0 Å². The first-order valence-corrected chi connectivity index (χ1v) is 5.21. The molecule has 2 unspecified atom stereocenters. The van der Waals surface area contributed by atoms with Gasteiger partial charge in [0.05, 0.1) is 6.10 Å². The highest BCUT2D eigenvalue weighted by Crippen LogP contribution is 2.08. The molecule has 84 valence electrons. The summed E-state index contributed by atoms with van der Waals surface area (Å²) in [7, 11) is 0. The van der Waals surface area contributed by atoms with Crippen LogP contribution in [0, 0.1) is 5.92 Å². The van der Waals surface area contributed by atoms with Crippen molar-refractivity contribution in [1.82, 2.24) is 5.32 Å². The molecule has 0 aliphatic heterocycles. The fraction of sp³-hybridized carbons (Fsp3) is 0.900. The van der Waals surface area contributed by atoms with E-state index in [0.29, 0.717) is 25.4 Å². The summed E-state index contributed by atoms with van der Waals surface area (Å²) in [5.41, 5.74) is 5.40. The first kappa shape index (κ1) is 13.4. The number of hydrogen-bond donors (Lipinski definition) is 3. The second-order valence-corrected chi connectivity index (χ2v) is 3.87. The third kappa shape index (κ3) is 8.01. The Labute approximate surface area is 85.9 Å². The van der Waals surface area contributed by atoms with Crippen LogP contribution in [0.15, 0.2) is 0 Å². The molecule has 0 aliphatic rings. The Morgan fingerprint density at radius 3 is 2.57 bits per heavy atom. The summed E-state index contributed by atoms with van der Waals surface area (Å²) in [6, 6.07) is 0. The maximum Gasteiger partial charge on any atom is 0.220 e. The Hall–Kier alpha value is -0.610. The molecule has 0 rings (SSSR count). The number of nitrogens with two attached hydrogens (primary N) is 1. The standard InChI is InChI=1S/C10H22N2O2/c1-8(5-6-11)3-4-10(14)12-7-9(2)13/h8-9,13H,3-7,11H2,1-2H3,(H,12,14). The highest BCUT2D eigenvalue weighted by molar-refractivity contribution is 5.75. The molecule has 0 bridgehead atoms. The summed E-state index contributed by atoms with van der Waals surface area (Å²) >= 11 is 0. The van der Waals surface area contributed by atoms with E-state index in [1.54, 1.807) is 6.92 Å². The molecule has 0 saturated carbocycles. The number of nitrogens with one attached hydrogen (secondary N) is 1. The summed E-state index contributed by atoms with van der Waals surface area (Å²) in [4.78, 5) is 11.2. The van der Waals surface area contributed by atoms with Crippen LogP contribution in [-0.4, -0.2) is 30.2 Å². The molecular formula is C10H22N2O2. The van der Waals surface area contributed by atoms with Gasteiger partial charge in [0, 0.05) is 13.0 Å². The maximum atomic E-state index is 11.2. The van der Waals surface area contributed by atoms with Gasteiger partial charge < -0.3 is 16.2 Å². The molecule has 0 aromatic heterocycles. The van der Waals surface area contributed by atoms with Crippen molar-refractivity contribution in [3.8, 4) is 0 Å². The third-order valence-corrected chi connectivity index (χ3v) is 2.12. The number of amides is 1. The SMILES string of the molecule is CC(O)CNC(=O)CCC(C)CCN. The van der Waals surface area contributed by atoms with Crippen LogP contribution in [0.2, 0.25) is 0 Å². The van der Waals surface area contributed by atoms with E-state index in [1.807, 2.05) is 0 Å². The molecule has 1 amide bonds. The fourth-order valence-corrected chi connectivity index (χ4v) is 1.16. The van der Waals surface area contributed by atoms with E-state index in [1.165, 1.54) is 0 Å². The summed E-state index contributed by atoms with van der Waals surface area (Å²) in [5.74, 6) is 0.507. The van der Waals surface area contributed by atoms with Crippen LogP contribution in [-0.2, 0) is 4.79 Å². The molecule has 0 aromatic rings. The largest absolute Gasteiger partial charge is 0.392 e. The zero-order valence-electron chi connectivity index (χ0n) is 9.12. The van der Waals surface area contributed by atoms with Crippen molar-refractivity contribution in [2.75, 3.05) is 13.1 Å². The lowest BCUT2D eigenvalue weighted by molar-refractivity contribution is -0.121. The van der Waals surface area contributed by atoms with Crippen molar-refractivity contribution >= 4 is 5.91 Å². The van der Waals surface area contributed by atoms with Crippen molar-refractivity contribution in [3.05, 3.63) is 0 Å². The van der Waals surface area contributed by atoms with Crippen LogP contribution in [0.3, 0.4) is 0 Å². The van der Waals surface area contributed by atoms with E-state index in [0.717, 1.165) is 12.8 Å². The molecule has 14 heavy (non-hydrogen) atoms. The Morgan fingerprint density at radius 1 is 1.43 bits per heavy atom. The smallest absolute Gasteiger partial charge is 0.220 e. The zero-order chi connectivity index (χ0) is 11.0. The van der Waals surface area contributed by atoms with E-state index < -0.39 is 6.10 Å². The average molecular weight is 202 g/mol. The summed E-state index contributed by atoms with van der Waals surface area (Å²) < 4.78 is 0. The summed E-state index contributed by atoms with van der Waals surface area (Å²) in [5, 5.41) is 11.6. The first-order valence-electron chi connectivity index (χ1n) is 5.21. The topological polar surface area (TPSA) is 75.3 Å². The third-order valence-electron chi connectivity index (χ3n) is 2.12. The van der Waals surface area contributed by atoms with Gasteiger partial charge in [0.15, 0.2) is 0 Å². The monoisotopic (exact) mass is 202 g/mol. The lowest BCUT2D eigenvalue weighted by Crippen LogP contribution is -2.30. The van der Waals surface area contributed by atoms with Crippen LogP contribution >= 0.6 is 0 Å². The molecule has 0 fully saturated rings. The second kappa shape index (κ2) is 7.76. The molecule has 0 saturated heterocycles. The molecule has 0 heterocycles. The van der Waals surface area contributed by atoms with E-state index >= 15 is 0 Å². The molecule has 0 spiro atoms. The van der Waals surface area contributed by atoms with Gasteiger partial charge >= 0.3 is 0 Å². The van der Waals surface area contributed by atoms with Gasteiger partial charge in [-0.3, -0.25) is 4.79 Å². The maximum absolute atomic E-state index is 11.2. The van der Waals surface area contributed by atoms with Gasteiger partial charge in [0.2, 0.25) is 5.91 Å². The zero-order valence-corrected chi connectivity index (χ0v) is 9.12. The number of hydrogen-bond acceptors (Lipinski definition) is 3. The highest BCUT2D eigenvalue weighted by Gasteiger charge is 2.06. The Morgan fingerprint density at radius 2 is 2.07 bits per heavy atom. The van der Waals surface area contributed by atoms with Gasteiger partial charge in [-0.2, -0.15) is 0 Å². The van der Waals surface area contributed by atoms with Crippen LogP contribution in [0.1, 0.15) is 33.1 Å². The van der Waals surface area contributed by atoms with Gasteiger partial charge in [-0.25, -0.2) is 0 Å². The lowest BCUT2D eigenvalue weighted by atomic mass is 10.0. The van der Waals surface area contributed by atoms with E-state index in [4.69, 9.17) is 10.8 Å². The normalized spacial score (nSPS) is 14.9. The number of rotatable bonds is 7. The Bertz CT molecular complexity index is 160. The molecule has 0 radical (unpaired) electrons. The predicted octanol–water partition coefficient (Wildman–Crippen LogP) is 0.249. The molecule has 0 aromatic carbocycles. The van der Waals surface area contributed by atoms with Crippen molar-refractivity contribution in [2.24, 2.45) is 11.7 Å². The highest BCUT2D eigenvalue weighted by atomic mass is 16.3. The van der Waals surface area contributed by atoms with Crippen molar-refractivity contribution in [3.63, 3.8) is 0 Å². The van der Waals surface area contributed by atoms with Crippen molar-refractivity contribution < 1.29 is 9.90 Å². The van der Waals surface area contributed by atoms with Gasteiger partial charge in [-0.05, 0) is 32.2 Å². The molecule has 4 N–H and O–H groups in total. The minimum Gasteiger partial charge on any atom is -0.392 e. The van der Waals surface area contributed by atoms with Crippen molar-refractivity contribution in [1.29, 1.82) is 0 Å². The minimum atomic E-state index is -0.472. The summed E-state index contributed by atoms with van der Waals surface area (Å²) in [6.07, 6.45) is 1.88. The number of carbonyl (C=O) groups is 1. The van der Waals surface area contributed by atoms with Crippen molar-refractivity contribution in [2.45, 2.75) is 39.2 Å². The first-order chi connectivity index (χ1) is 6.56. The van der Waals surface area contributed by atoms with Crippen LogP contribution in [0.25, 0.3) is 0 Å².